The molecule has 0 spiro atoms. The van der Waals surface area contributed by atoms with Gasteiger partial charge in [0, 0.05) is 30.5 Å². The minimum absolute atomic E-state index is 0.0881. The molecule has 2 aromatic carbocycles. The van der Waals surface area contributed by atoms with Crippen molar-refractivity contribution in [3.05, 3.63) is 101 Å². The molecule has 0 fully saturated rings. The van der Waals surface area contributed by atoms with Crippen LogP contribution in [0.15, 0.2) is 79.0 Å². The molecule has 0 amide bonds. The summed E-state index contributed by atoms with van der Waals surface area (Å²) in [7, 11) is 0. The van der Waals surface area contributed by atoms with Crippen molar-refractivity contribution in [2.75, 3.05) is 0 Å². The van der Waals surface area contributed by atoms with Crippen LogP contribution >= 0.6 is 0 Å². The van der Waals surface area contributed by atoms with Gasteiger partial charge < -0.3 is 4.74 Å². The molecule has 0 aliphatic rings. The van der Waals surface area contributed by atoms with Gasteiger partial charge in [-0.1, -0.05) is 66.7 Å². The molecular formula is C28H34N2O2. The van der Waals surface area contributed by atoms with E-state index in [2.05, 4.69) is 71.4 Å². The summed E-state index contributed by atoms with van der Waals surface area (Å²) in [6, 6.07) is 24.8. The summed E-state index contributed by atoms with van der Waals surface area (Å²) in [4.78, 5) is 19.9. The Balaban J connectivity index is 2.02. The molecule has 0 aliphatic heterocycles. The molecule has 2 atom stereocenters. The average Bonchev–Trinajstić information content (AvgIpc) is 2.76. The first-order chi connectivity index (χ1) is 15.2. The van der Waals surface area contributed by atoms with E-state index in [1.54, 1.807) is 0 Å². The molecular weight excluding hydrogens is 396 g/mol. The quantitative estimate of drug-likeness (QED) is 0.386. The van der Waals surface area contributed by atoms with E-state index >= 15 is 0 Å². The SMILES string of the molecule is Cc1ccc([C@@H](CC(=O)OC(C)(C)C)N(Cc2ccccc2)[C@@H](C)c2ccccc2)cn1. The predicted molar refractivity (Wildman–Crippen MR) is 129 cm³/mol. The molecule has 0 bridgehead atoms. The van der Waals surface area contributed by atoms with Gasteiger partial charge >= 0.3 is 5.97 Å². The lowest BCUT2D eigenvalue weighted by molar-refractivity contribution is -0.156. The maximum absolute atomic E-state index is 13.0. The number of benzene rings is 2. The Bertz CT molecular complexity index is 979. The summed E-state index contributed by atoms with van der Waals surface area (Å²) in [5.74, 6) is -0.207. The van der Waals surface area contributed by atoms with Crippen LogP contribution in [0.25, 0.3) is 0 Å². The minimum Gasteiger partial charge on any atom is -0.460 e. The van der Waals surface area contributed by atoms with Crippen LogP contribution in [0.5, 0.6) is 0 Å². The van der Waals surface area contributed by atoms with Crippen molar-refractivity contribution in [3.8, 4) is 0 Å². The number of rotatable bonds is 8. The fraction of sp³-hybridized carbons (Fsp3) is 0.357. The third kappa shape index (κ3) is 6.76. The highest BCUT2D eigenvalue weighted by Crippen LogP contribution is 2.35. The Morgan fingerprint density at radius 3 is 2.12 bits per heavy atom. The summed E-state index contributed by atoms with van der Waals surface area (Å²) in [6.07, 6.45) is 2.14. The van der Waals surface area contributed by atoms with E-state index in [9.17, 15) is 4.79 Å². The van der Waals surface area contributed by atoms with Crippen molar-refractivity contribution < 1.29 is 9.53 Å². The van der Waals surface area contributed by atoms with Gasteiger partial charge in [0.05, 0.1) is 6.42 Å². The number of ether oxygens (including phenoxy) is 1. The average molecular weight is 431 g/mol. The second-order valence-corrected chi connectivity index (χ2v) is 9.28. The Morgan fingerprint density at radius 2 is 1.56 bits per heavy atom. The highest BCUT2D eigenvalue weighted by atomic mass is 16.6. The maximum atomic E-state index is 13.0. The fourth-order valence-electron chi connectivity index (χ4n) is 3.88. The second kappa shape index (κ2) is 10.6. The zero-order chi connectivity index (χ0) is 23.1. The van der Waals surface area contributed by atoms with Crippen LogP contribution in [-0.4, -0.2) is 21.5 Å². The predicted octanol–water partition coefficient (Wildman–Crippen LogP) is 6.43. The molecule has 0 N–H and O–H groups in total. The lowest BCUT2D eigenvalue weighted by atomic mass is 9.97. The minimum atomic E-state index is -0.525. The number of aromatic nitrogens is 1. The molecule has 1 aromatic heterocycles. The van der Waals surface area contributed by atoms with E-state index in [4.69, 9.17) is 4.74 Å². The number of pyridine rings is 1. The van der Waals surface area contributed by atoms with Crippen LogP contribution in [0.1, 0.15) is 68.6 Å². The van der Waals surface area contributed by atoms with E-state index in [-0.39, 0.29) is 24.5 Å². The first-order valence-electron chi connectivity index (χ1n) is 11.2. The number of carbonyl (C=O) groups is 1. The molecule has 0 aliphatic carbocycles. The lowest BCUT2D eigenvalue weighted by Crippen LogP contribution is -2.34. The highest BCUT2D eigenvalue weighted by Gasteiger charge is 2.30. The summed E-state index contributed by atoms with van der Waals surface area (Å²) < 4.78 is 5.71. The van der Waals surface area contributed by atoms with Gasteiger partial charge in [0.15, 0.2) is 0 Å². The molecule has 1 heterocycles. The number of hydrogen-bond donors (Lipinski definition) is 0. The highest BCUT2D eigenvalue weighted by molar-refractivity contribution is 5.71. The largest absolute Gasteiger partial charge is 0.460 e. The van der Waals surface area contributed by atoms with E-state index < -0.39 is 5.60 Å². The van der Waals surface area contributed by atoms with Crippen molar-refractivity contribution in [1.82, 2.24) is 9.88 Å². The molecule has 3 aromatic rings. The van der Waals surface area contributed by atoms with Gasteiger partial charge in [0.2, 0.25) is 0 Å². The number of aryl methyl sites for hydroxylation is 1. The monoisotopic (exact) mass is 430 g/mol. The van der Waals surface area contributed by atoms with E-state index in [0.29, 0.717) is 6.54 Å². The lowest BCUT2D eigenvalue weighted by Gasteiger charge is -2.37. The number of hydrogen-bond acceptors (Lipinski definition) is 4. The molecule has 3 rings (SSSR count). The summed E-state index contributed by atoms with van der Waals surface area (Å²) in [5.41, 5.74) is 3.85. The van der Waals surface area contributed by atoms with Crippen molar-refractivity contribution in [2.45, 2.75) is 65.3 Å². The topological polar surface area (TPSA) is 42.4 Å². The van der Waals surface area contributed by atoms with Gasteiger partial charge in [0.25, 0.3) is 0 Å². The molecule has 4 nitrogen and oxygen atoms in total. The maximum Gasteiger partial charge on any atom is 0.308 e. The Hall–Kier alpha value is -2.98. The van der Waals surface area contributed by atoms with Gasteiger partial charge in [-0.25, -0.2) is 0 Å². The Morgan fingerprint density at radius 1 is 0.938 bits per heavy atom. The van der Waals surface area contributed by atoms with E-state index in [0.717, 1.165) is 11.3 Å². The molecule has 0 radical (unpaired) electrons. The van der Waals surface area contributed by atoms with Crippen molar-refractivity contribution in [3.63, 3.8) is 0 Å². The van der Waals surface area contributed by atoms with Crippen molar-refractivity contribution >= 4 is 5.97 Å². The molecule has 0 unspecified atom stereocenters. The molecule has 4 heteroatoms. The summed E-state index contributed by atoms with van der Waals surface area (Å²) >= 11 is 0. The zero-order valence-corrected chi connectivity index (χ0v) is 19.8. The normalized spacial score (nSPS) is 13.6. The van der Waals surface area contributed by atoms with E-state index in [1.165, 1.54) is 11.1 Å². The summed E-state index contributed by atoms with van der Waals surface area (Å²) in [6.45, 7) is 10.6. The number of carbonyl (C=O) groups excluding carboxylic acids is 1. The van der Waals surface area contributed by atoms with Gasteiger partial charge in [-0.15, -0.1) is 0 Å². The first kappa shape index (κ1) is 23.7. The molecule has 32 heavy (non-hydrogen) atoms. The zero-order valence-electron chi connectivity index (χ0n) is 19.8. The third-order valence-corrected chi connectivity index (χ3v) is 5.49. The van der Waals surface area contributed by atoms with Gasteiger partial charge in [-0.3, -0.25) is 14.7 Å². The van der Waals surface area contributed by atoms with Crippen LogP contribution in [0.2, 0.25) is 0 Å². The van der Waals surface area contributed by atoms with Crippen LogP contribution in [0, 0.1) is 6.92 Å². The molecule has 0 saturated carbocycles. The van der Waals surface area contributed by atoms with Gasteiger partial charge in [0.1, 0.15) is 5.60 Å². The fourth-order valence-corrected chi connectivity index (χ4v) is 3.88. The van der Waals surface area contributed by atoms with E-state index in [1.807, 2.05) is 52.1 Å². The van der Waals surface area contributed by atoms with Crippen molar-refractivity contribution in [1.29, 1.82) is 0 Å². The standard InChI is InChI=1S/C28H34N2O2/c1-21-16-17-25(19-29-21)26(18-27(31)32-28(3,4)5)30(20-23-12-8-6-9-13-23)22(2)24-14-10-7-11-15-24/h6-17,19,22,26H,18,20H2,1-5H3/t22-,26+/m0/s1. The van der Waals surface area contributed by atoms with Crippen LogP contribution in [0.4, 0.5) is 0 Å². The first-order valence-corrected chi connectivity index (χ1v) is 11.2. The molecule has 168 valence electrons. The van der Waals surface area contributed by atoms with Crippen LogP contribution in [0.3, 0.4) is 0 Å². The van der Waals surface area contributed by atoms with Gasteiger partial charge in [-0.05, 0) is 57.4 Å². The smallest absolute Gasteiger partial charge is 0.308 e. The number of esters is 1. The van der Waals surface area contributed by atoms with Crippen LogP contribution in [-0.2, 0) is 16.1 Å². The molecule has 0 saturated heterocycles. The second-order valence-electron chi connectivity index (χ2n) is 9.28. The van der Waals surface area contributed by atoms with Gasteiger partial charge in [-0.2, -0.15) is 0 Å². The Kier molecular flexibility index (Phi) is 7.81. The Labute approximate surface area is 192 Å². The van der Waals surface area contributed by atoms with Crippen molar-refractivity contribution in [2.24, 2.45) is 0 Å². The number of nitrogens with zero attached hydrogens (tertiary/aromatic N) is 2. The van der Waals surface area contributed by atoms with Crippen LogP contribution < -0.4 is 0 Å². The summed E-state index contributed by atoms with van der Waals surface area (Å²) in [5, 5.41) is 0. The third-order valence-electron chi connectivity index (χ3n) is 5.49.